The molecule has 0 bridgehead atoms. The van der Waals surface area contributed by atoms with E-state index in [1.54, 1.807) is 6.20 Å². The summed E-state index contributed by atoms with van der Waals surface area (Å²) < 4.78 is 0. The lowest BCUT2D eigenvalue weighted by molar-refractivity contribution is 0.0681. The van der Waals surface area contributed by atoms with E-state index in [0.717, 1.165) is 18.5 Å². The summed E-state index contributed by atoms with van der Waals surface area (Å²) in [6.07, 6.45) is 4.91. The monoisotopic (exact) mass is 179 g/mol. The Balaban J connectivity index is 2.26. The number of aromatic nitrogens is 3. The highest BCUT2D eigenvalue weighted by Crippen LogP contribution is 2.34. The molecule has 0 amide bonds. The summed E-state index contributed by atoms with van der Waals surface area (Å²) in [7, 11) is 0. The molecule has 2 rings (SSSR count). The third-order valence-corrected chi connectivity index (χ3v) is 2.29. The molecule has 1 aromatic heterocycles. The van der Waals surface area contributed by atoms with Crippen molar-refractivity contribution in [1.82, 2.24) is 15.2 Å². The number of rotatable bonds is 2. The molecule has 0 saturated heterocycles. The van der Waals surface area contributed by atoms with Crippen LogP contribution in [0.15, 0.2) is 6.20 Å². The maximum absolute atomic E-state index is 10.5. The summed E-state index contributed by atoms with van der Waals surface area (Å²) in [5.74, 6) is -0.924. The number of carboxylic acids is 1. The number of aromatic carboxylic acids is 1. The highest BCUT2D eigenvalue weighted by atomic mass is 16.4. The van der Waals surface area contributed by atoms with Gasteiger partial charge in [-0.2, -0.15) is 5.10 Å². The largest absolute Gasteiger partial charge is 0.475 e. The topological polar surface area (TPSA) is 76.0 Å². The first-order valence-electron chi connectivity index (χ1n) is 4.20. The summed E-state index contributed by atoms with van der Waals surface area (Å²) in [6.45, 7) is 0. The molecule has 1 aromatic rings. The van der Waals surface area contributed by atoms with Crippen molar-refractivity contribution in [3.63, 3.8) is 0 Å². The molecule has 0 aliphatic heterocycles. The van der Waals surface area contributed by atoms with Gasteiger partial charge in [-0.1, -0.05) is 6.42 Å². The minimum Gasteiger partial charge on any atom is -0.475 e. The summed E-state index contributed by atoms with van der Waals surface area (Å²) >= 11 is 0. The fourth-order valence-electron chi connectivity index (χ4n) is 1.31. The minimum absolute atomic E-state index is 0.204. The second kappa shape index (κ2) is 3.08. The zero-order valence-electron chi connectivity index (χ0n) is 6.97. The number of hydrogen-bond donors (Lipinski definition) is 1. The van der Waals surface area contributed by atoms with E-state index in [2.05, 4.69) is 15.2 Å². The zero-order valence-corrected chi connectivity index (χ0v) is 6.97. The van der Waals surface area contributed by atoms with E-state index < -0.39 is 5.97 Å². The normalized spacial score (nSPS) is 16.6. The average Bonchev–Trinajstić information content (AvgIpc) is 2.01. The van der Waals surface area contributed by atoms with Crippen LogP contribution in [0.4, 0.5) is 0 Å². The zero-order chi connectivity index (χ0) is 9.26. The number of nitrogens with zero attached hydrogens (tertiary/aromatic N) is 3. The Labute approximate surface area is 74.8 Å². The van der Waals surface area contributed by atoms with Gasteiger partial charge in [-0.25, -0.2) is 9.78 Å². The summed E-state index contributed by atoms with van der Waals surface area (Å²) in [5, 5.41) is 15.7. The fraction of sp³-hybridized carbons (Fsp3) is 0.500. The molecule has 13 heavy (non-hydrogen) atoms. The van der Waals surface area contributed by atoms with Crippen LogP contribution in [0.2, 0.25) is 0 Å². The molecule has 0 aromatic carbocycles. The molecule has 5 nitrogen and oxygen atoms in total. The van der Waals surface area contributed by atoms with E-state index in [-0.39, 0.29) is 5.82 Å². The lowest BCUT2D eigenvalue weighted by Crippen LogP contribution is -2.15. The van der Waals surface area contributed by atoms with Gasteiger partial charge >= 0.3 is 5.97 Å². The van der Waals surface area contributed by atoms with E-state index in [4.69, 9.17) is 5.11 Å². The molecule has 1 aliphatic carbocycles. The van der Waals surface area contributed by atoms with Gasteiger partial charge in [-0.3, -0.25) is 0 Å². The summed E-state index contributed by atoms with van der Waals surface area (Å²) in [6, 6.07) is 0. The van der Waals surface area contributed by atoms with Crippen molar-refractivity contribution in [2.75, 3.05) is 0 Å². The Bertz CT molecular complexity index is 336. The predicted octanol–water partition coefficient (Wildman–Crippen LogP) is 0.837. The van der Waals surface area contributed by atoms with Crippen LogP contribution in [0.25, 0.3) is 0 Å². The van der Waals surface area contributed by atoms with Crippen LogP contribution in [-0.2, 0) is 0 Å². The van der Waals surface area contributed by atoms with E-state index in [0.29, 0.717) is 5.92 Å². The maximum atomic E-state index is 10.5. The van der Waals surface area contributed by atoms with Gasteiger partial charge in [0.25, 0.3) is 5.82 Å². The fourth-order valence-corrected chi connectivity index (χ4v) is 1.31. The standard InChI is InChI=1S/C8H9N3O2/c12-8(13)7-10-6(4-9-11-7)5-2-1-3-5/h4-5H,1-3H2,(H,12,13). The highest BCUT2D eigenvalue weighted by molar-refractivity contribution is 5.82. The van der Waals surface area contributed by atoms with Crippen molar-refractivity contribution in [3.05, 3.63) is 17.7 Å². The van der Waals surface area contributed by atoms with Gasteiger partial charge in [0.1, 0.15) is 0 Å². The molecule has 0 spiro atoms. The van der Waals surface area contributed by atoms with Crippen LogP contribution in [0.5, 0.6) is 0 Å². The Morgan fingerprint density at radius 1 is 1.54 bits per heavy atom. The number of hydrogen-bond acceptors (Lipinski definition) is 4. The van der Waals surface area contributed by atoms with Gasteiger partial charge in [-0.05, 0) is 12.8 Å². The second-order valence-corrected chi connectivity index (χ2v) is 3.14. The van der Waals surface area contributed by atoms with Crippen LogP contribution in [0.1, 0.15) is 41.5 Å². The molecular formula is C8H9N3O2. The third-order valence-electron chi connectivity index (χ3n) is 2.29. The maximum Gasteiger partial charge on any atom is 0.375 e. The van der Waals surface area contributed by atoms with E-state index in [1.165, 1.54) is 6.42 Å². The van der Waals surface area contributed by atoms with E-state index >= 15 is 0 Å². The van der Waals surface area contributed by atoms with Crippen LogP contribution >= 0.6 is 0 Å². The van der Waals surface area contributed by atoms with Crippen molar-refractivity contribution in [2.45, 2.75) is 25.2 Å². The Morgan fingerprint density at radius 3 is 2.85 bits per heavy atom. The third kappa shape index (κ3) is 1.49. The first-order chi connectivity index (χ1) is 6.27. The Kier molecular flexibility index (Phi) is 1.92. The quantitative estimate of drug-likeness (QED) is 0.727. The van der Waals surface area contributed by atoms with Crippen molar-refractivity contribution in [1.29, 1.82) is 0 Å². The first kappa shape index (κ1) is 8.10. The van der Waals surface area contributed by atoms with Crippen LogP contribution in [0, 0.1) is 0 Å². The minimum atomic E-state index is -1.12. The number of carboxylic acid groups (broad SMARTS) is 1. The molecular weight excluding hydrogens is 170 g/mol. The molecule has 0 unspecified atom stereocenters. The van der Waals surface area contributed by atoms with E-state index in [9.17, 15) is 4.79 Å². The molecule has 68 valence electrons. The van der Waals surface area contributed by atoms with Gasteiger partial charge in [0.2, 0.25) is 0 Å². The molecule has 0 radical (unpaired) electrons. The molecule has 1 aliphatic rings. The lowest BCUT2D eigenvalue weighted by atomic mass is 9.83. The van der Waals surface area contributed by atoms with Crippen molar-refractivity contribution >= 4 is 5.97 Å². The summed E-state index contributed by atoms with van der Waals surface area (Å²) in [5.41, 5.74) is 0.763. The van der Waals surface area contributed by atoms with E-state index in [1.807, 2.05) is 0 Å². The van der Waals surface area contributed by atoms with Crippen molar-refractivity contribution < 1.29 is 9.90 Å². The molecule has 1 saturated carbocycles. The Morgan fingerprint density at radius 2 is 2.31 bits per heavy atom. The van der Waals surface area contributed by atoms with Gasteiger partial charge < -0.3 is 5.11 Å². The van der Waals surface area contributed by atoms with Crippen molar-refractivity contribution in [2.24, 2.45) is 0 Å². The molecule has 1 fully saturated rings. The molecule has 1 N–H and O–H groups in total. The van der Waals surface area contributed by atoms with Gasteiger partial charge in [0.15, 0.2) is 0 Å². The number of carbonyl (C=O) groups is 1. The smallest absolute Gasteiger partial charge is 0.375 e. The summed E-state index contributed by atoms with van der Waals surface area (Å²) in [4.78, 5) is 14.4. The lowest BCUT2D eigenvalue weighted by Gasteiger charge is -2.23. The first-order valence-corrected chi connectivity index (χ1v) is 4.20. The van der Waals surface area contributed by atoms with Crippen LogP contribution in [-0.4, -0.2) is 26.3 Å². The van der Waals surface area contributed by atoms with Crippen molar-refractivity contribution in [3.8, 4) is 0 Å². The molecule has 0 atom stereocenters. The van der Waals surface area contributed by atoms with Gasteiger partial charge in [-0.15, -0.1) is 5.10 Å². The SMILES string of the molecule is O=C(O)c1nncc(C2CCC2)n1. The predicted molar refractivity (Wildman–Crippen MR) is 43.4 cm³/mol. The molecule has 5 heteroatoms. The van der Waals surface area contributed by atoms with Gasteiger partial charge in [0.05, 0.1) is 11.9 Å². The second-order valence-electron chi connectivity index (χ2n) is 3.14. The molecule has 1 heterocycles. The van der Waals surface area contributed by atoms with Crippen LogP contribution < -0.4 is 0 Å². The highest BCUT2D eigenvalue weighted by Gasteiger charge is 2.22. The Hall–Kier alpha value is -1.52. The van der Waals surface area contributed by atoms with Crippen LogP contribution in [0.3, 0.4) is 0 Å². The van der Waals surface area contributed by atoms with Gasteiger partial charge in [0, 0.05) is 5.92 Å². The average molecular weight is 179 g/mol.